The second kappa shape index (κ2) is 7.61. The van der Waals surface area contributed by atoms with Gasteiger partial charge < -0.3 is 36.1 Å². The Labute approximate surface area is 158 Å². The van der Waals surface area contributed by atoms with Gasteiger partial charge in [0.25, 0.3) is 5.69 Å². The van der Waals surface area contributed by atoms with Crippen LogP contribution in [0, 0.1) is 10.1 Å². The van der Waals surface area contributed by atoms with Crippen LogP contribution in [-0.4, -0.2) is 60.2 Å². The number of hydrogen-bond donors (Lipinski definition) is 5. The molecule has 12 nitrogen and oxygen atoms in total. The minimum Gasteiger partial charge on any atom is -0.387 e. The van der Waals surface area contributed by atoms with Crippen molar-refractivity contribution in [3.63, 3.8) is 0 Å². The highest BCUT2D eigenvalue weighted by Gasteiger charge is 2.48. The molecule has 0 bridgehead atoms. The van der Waals surface area contributed by atoms with Crippen molar-refractivity contribution in [3.05, 3.63) is 58.2 Å². The van der Waals surface area contributed by atoms with Crippen LogP contribution >= 0.6 is 0 Å². The summed E-state index contributed by atoms with van der Waals surface area (Å²) in [6.45, 7) is 0. The number of carbonyl (C=O) groups is 1. The first kappa shape index (κ1) is 19.9. The van der Waals surface area contributed by atoms with Crippen LogP contribution in [0.4, 0.5) is 5.69 Å². The first-order valence-electron chi connectivity index (χ1n) is 8.24. The molecular formula is C16H19N5O7. The Kier molecular flexibility index (Phi) is 5.40. The molecule has 1 fully saturated rings. The van der Waals surface area contributed by atoms with Crippen molar-refractivity contribution in [3.8, 4) is 0 Å². The van der Waals surface area contributed by atoms with Gasteiger partial charge in [-0.2, -0.15) is 0 Å². The first-order valence-corrected chi connectivity index (χ1v) is 8.24. The zero-order valence-electron chi connectivity index (χ0n) is 14.4. The summed E-state index contributed by atoms with van der Waals surface area (Å²) < 4.78 is 6.78. The molecule has 1 aromatic heterocycles. The fourth-order valence-electron chi connectivity index (χ4n) is 3.20. The van der Waals surface area contributed by atoms with Crippen LogP contribution in [0.3, 0.4) is 0 Å². The summed E-state index contributed by atoms with van der Waals surface area (Å²) in [7, 11) is 0. The van der Waals surface area contributed by atoms with Gasteiger partial charge in [-0.1, -0.05) is 0 Å². The van der Waals surface area contributed by atoms with E-state index in [9.17, 15) is 30.2 Å². The predicted octanol–water partition coefficient (Wildman–Crippen LogP) is -1.70. The van der Waals surface area contributed by atoms with Gasteiger partial charge in [-0.25, -0.2) is 4.98 Å². The third-order valence-corrected chi connectivity index (χ3v) is 4.56. The molecule has 1 aliphatic rings. The van der Waals surface area contributed by atoms with Crippen molar-refractivity contribution >= 4 is 11.6 Å². The van der Waals surface area contributed by atoms with Gasteiger partial charge in [-0.3, -0.25) is 14.9 Å². The Morgan fingerprint density at radius 1 is 1.29 bits per heavy atom. The number of carbonyl (C=O) groups excluding carboxylic acids is 1. The zero-order valence-corrected chi connectivity index (χ0v) is 14.4. The van der Waals surface area contributed by atoms with Crippen molar-refractivity contribution in [2.45, 2.75) is 36.7 Å². The van der Waals surface area contributed by atoms with E-state index in [2.05, 4.69) is 4.98 Å². The number of nitrogens with zero attached hydrogens (tertiary/aromatic N) is 3. The van der Waals surface area contributed by atoms with Crippen LogP contribution < -0.4 is 11.5 Å². The van der Waals surface area contributed by atoms with Crippen molar-refractivity contribution in [1.29, 1.82) is 0 Å². The summed E-state index contributed by atoms with van der Waals surface area (Å²) in [6.07, 6.45) is -4.16. The number of primary amides is 1. The summed E-state index contributed by atoms with van der Waals surface area (Å²) in [4.78, 5) is 26.5. The highest BCUT2D eigenvalue weighted by Crippen LogP contribution is 2.35. The maximum absolute atomic E-state index is 12.1. The third kappa shape index (κ3) is 3.46. The number of aliphatic hydroxyl groups excluding tert-OH is 3. The molecule has 7 N–H and O–H groups in total. The van der Waals surface area contributed by atoms with Crippen LogP contribution in [-0.2, 0) is 9.53 Å². The van der Waals surface area contributed by atoms with Crippen LogP contribution in [0.25, 0.3) is 0 Å². The smallest absolute Gasteiger partial charge is 0.269 e. The monoisotopic (exact) mass is 393 g/mol. The molecule has 0 radical (unpaired) electrons. The summed E-state index contributed by atoms with van der Waals surface area (Å²) in [5.74, 6) is -0.714. The van der Waals surface area contributed by atoms with E-state index in [0.717, 1.165) is 0 Å². The predicted molar refractivity (Wildman–Crippen MR) is 92.5 cm³/mol. The van der Waals surface area contributed by atoms with E-state index >= 15 is 0 Å². The third-order valence-electron chi connectivity index (χ3n) is 4.56. The number of rotatable bonds is 6. The summed E-state index contributed by atoms with van der Waals surface area (Å²) in [6, 6.07) is 4.11. The minimum atomic E-state index is -1.54. The SMILES string of the molecule is NC(=O)C(c1ccc([N+](=O)[O-])cc1)n1ccnc1[C@@H]1O[C@H](C(N)O)[C@@H](O)[C@H]1O. The lowest BCUT2D eigenvalue weighted by atomic mass is 10.0. The number of ether oxygens (including phenoxy) is 1. The van der Waals surface area contributed by atoms with Crippen molar-refractivity contribution in [1.82, 2.24) is 9.55 Å². The number of aliphatic hydroxyl groups is 3. The molecule has 0 saturated carbocycles. The fraction of sp³-hybridized carbons (Fsp3) is 0.375. The van der Waals surface area contributed by atoms with Crippen LogP contribution in [0.1, 0.15) is 23.5 Å². The molecule has 1 saturated heterocycles. The topological polar surface area (TPSA) is 200 Å². The van der Waals surface area contributed by atoms with E-state index in [1.807, 2.05) is 0 Å². The minimum absolute atomic E-state index is 0.0665. The van der Waals surface area contributed by atoms with E-state index in [-0.39, 0.29) is 11.5 Å². The van der Waals surface area contributed by atoms with E-state index in [1.54, 1.807) is 0 Å². The fourth-order valence-corrected chi connectivity index (χ4v) is 3.20. The molecule has 2 aromatic rings. The largest absolute Gasteiger partial charge is 0.387 e. The second-order valence-corrected chi connectivity index (χ2v) is 6.34. The summed E-state index contributed by atoms with van der Waals surface area (Å²) in [5, 5.41) is 40.6. The molecule has 1 aliphatic heterocycles. The molecule has 0 aliphatic carbocycles. The Bertz CT molecular complexity index is 869. The number of amides is 1. The normalized spacial score (nSPS) is 26.7. The number of nitrogens with two attached hydrogens (primary N) is 2. The standard InChI is InChI=1S/C16H19N5O7/c17-14(24)9(7-1-3-8(4-2-7)21(26)27)20-6-5-19-16(20)13-11(23)10(22)12(28-13)15(18)25/h1-6,9-13,15,22-23,25H,18H2,(H2,17,24)/t9?,10-,11+,12-,13+,15?/m0/s1. The second-order valence-electron chi connectivity index (χ2n) is 6.34. The number of aromatic nitrogens is 2. The van der Waals surface area contributed by atoms with Crippen molar-refractivity contribution in [2.75, 3.05) is 0 Å². The van der Waals surface area contributed by atoms with E-state index < -0.39 is 47.5 Å². The first-order chi connectivity index (χ1) is 13.2. The lowest BCUT2D eigenvalue weighted by Gasteiger charge is -2.22. The maximum atomic E-state index is 12.1. The Morgan fingerprint density at radius 2 is 1.93 bits per heavy atom. The molecule has 1 aromatic carbocycles. The van der Waals surface area contributed by atoms with Crippen LogP contribution in [0.2, 0.25) is 0 Å². The molecule has 6 atom stereocenters. The van der Waals surface area contributed by atoms with E-state index in [1.165, 1.54) is 41.2 Å². The van der Waals surface area contributed by atoms with Gasteiger partial charge in [-0.05, 0) is 17.7 Å². The van der Waals surface area contributed by atoms with Gasteiger partial charge >= 0.3 is 0 Å². The van der Waals surface area contributed by atoms with E-state index in [4.69, 9.17) is 16.2 Å². The van der Waals surface area contributed by atoms with E-state index in [0.29, 0.717) is 5.56 Å². The lowest BCUT2D eigenvalue weighted by molar-refractivity contribution is -0.384. The van der Waals surface area contributed by atoms with Crippen molar-refractivity contribution < 1.29 is 29.8 Å². The molecule has 1 amide bonds. The number of hydrogen-bond acceptors (Lipinski definition) is 9. The number of nitro benzene ring substituents is 1. The number of benzene rings is 1. The van der Waals surface area contributed by atoms with Gasteiger partial charge in [0.1, 0.15) is 42.5 Å². The molecular weight excluding hydrogens is 374 g/mol. The molecule has 2 heterocycles. The maximum Gasteiger partial charge on any atom is 0.269 e. The highest BCUT2D eigenvalue weighted by molar-refractivity contribution is 5.82. The van der Waals surface area contributed by atoms with Gasteiger partial charge in [0.2, 0.25) is 5.91 Å². The van der Waals surface area contributed by atoms with Crippen LogP contribution in [0.15, 0.2) is 36.7 Å². The summed E-state index contributed by atoms with van der Waals surface area (Å²) in [5.41, 5.74) is 11.1. The Morgan fingerprint density at radius 3 is 2.43 bits per heavy atom. The highest BCUT2D eigenvalue weighted by atomic mass is 16.6. The molecule has 12 heteroatoms. The Balaban J connectivity index is 1.98. The quantitative estimate of drug-likeness (QED) is 0.215. The number of imidazole rings is 1. The molecule has 150 valence electrons. The molecule has 28 heavy (non-hydrogen) atoms. The molecule has 3 rings (SSSR count). The lowest BCUT2D eigenvalue weighted by Crippen LogP contribution is -2.43. The van der Waals surface area contributed by atoms with Gasteiger partial charge in [0.15, 0.2) is 0 Å². The van der Waals surface area contributed by atoms with Gasteiger partial charge in [0.05, 0.1) is 4.92 Å². The summed E-state index contributed by atoms with van der Waals surface area (Å²) >= 11 is 0. The average Bonchev–Trinajstić information content (AvgIpc) is 3.21. The number of nitro groups is 1. The number of non-ortho nitro benzene ring substituents is 1. The van der Waals surface area contributed by atoms with Gasteiger partial charge in [0, 0.05) is 24.5 Å². The Hall–Kier alpha value is -2.90. The van der Waals surface area contributed by atoms with Crippen LogP contribution in [0.5, 0.6) is 0 Å². The molecule has 0 spiro atoms. The average molecular weight is 393 g/mol. The van der Waals surface area contributed by atoms with Crippen molar-refractivity contribution in [2.24, 2.45) is 11.5 Å². The van der Waals surface area contributed by atoms with Gasteiger partial charge in [-0.15, -0.1) is 0 Å². The molecule has 2 unspecified atom stereocenters. The zero-order chi connectivity index (χ0) is 20.6.